The minimum absolute atomic E-state index is 0.0788. The third-order valence-electron chi connectivity index (χ3n) is 2.20. The van der Waals surface area contributed by atoms with E-state index in [2.05, 4.69) is 21.2 Å². The molecule has 0 saturated carbocycles. The van der Waals surface area contributed by atoms with Gasteiger partial charge in [-0.05, 0) is 18.2 Å². The Balaban J connectivity index is 2.35. The second-order valence-electron chi connectivity index (χ2n) is 3.32. The van der Waals surface area contributed by atoms with Crippen molar-refractivity contribution in [1.82, 2.24) is 5.32 Å². The second kappa shape index (κ2) is 4.13. The molecule has 0 aromatic heterocycles. The number of rotatable bonds is 1. The summed E-state index contributed by atoms with van der Waals surface area (Å²) in [5, 5.41) is 11.2. The number of carbonyl (C=O) groups is 2. The Bertz CT molecular complexity index is 460. The molecule has 1 heterocycles. The Labute approximate surface area is 99.5 Å². The molecule has 1 aliphatic heterocycles. The van der Waals surface area contributed by atoms with Crippen molar-refractivity contribution in [2.45, 2.75) is 6.04 Å². The largest absolute Gasteiger partial charge is 0.490 e. The average Bonchev–Trinajstić information content (AvgIpc) is 2.38. The Morgan fingerprint density at radius 1 is 1.56 bits per heavy atom. The first kappa shape index (κ1) is 10.9. The van der Waals surface area contributed by atoms with Gasteiger partial charge in [0.25, 0.3) is 5.91 Å². The summed E-state index contributed by atoms with van der Waals surface area (Å²) in [6.45, 7) is -0.0788. The maximum Gasteiger partial charge on any atom is 0.329 e. The Hall–Kier alpha value is -1.56. The zero-order valence-electron chi connectivity index (χ0n) is 8.07. The number of carboxylic acid groups (broad SMARTS) is 1. The Kier molecular flexibility index (Phi) is 2.82. The Morgan fingerprint density at radius 3 is 3.00 bits per heavy atom. The van der Waals surface area contributed by atoms with Crippen LogP contribution in [0.2, 0.25) is 0 Å². The van der Waals surface area contributed by atoms with E-state index in [-0.39, 0.29) is 6.61 Å². The number of halogens is 1. The lowest BCUT2D eigenvalue weighted by Gasteiger charge is -2.09. The summed E-state index contributed by atoms with van der Waals surface area (Å²) in [4.78, 5) is 22.4. The van der Waals surface area contributed by atoms with E-state index in [1.54, 1.807) is 18.2 Å². The van der Waals surface area contributed by atoms with Crippen LogP contribution in [0, 0.1) is 0 Å². The van der Waals surface area contributed by atoms with Gasteiger partial charge in [-0.3, -0.25) is 4.79 Å². The summed E-state index contributed by atoms with van der Waals surface area (Å²) in [6, 6.07) is 3.90. The molecule has 5 nitrogen and oxygen atoms in total. The summed E-state index contributed by atoms with van der Waals surface area (Å²) < 4.78 is 6.05. The van der Waals surface area contributed by atoms with Gasteiger partial charge in [0.05, 0.1) is 5.56 Å². The van der Waals surface area contributed by atoms with Gasteiger partial charge < -0.3 is 15.2 Å². The molecule has 6 heteroatoms. The fourth-order valence-corrected chi connectivity index (χ4v) is 1.73. The van der Waals surface area contributed by atoms with Gasteiger partial charge in [-0.25, -0.2) is 4.79 Å². The van der Waals surface area contributed by atoms with Gasteiger partial charge in [0.15, 0.2) is 6.04 Å². The highest BCUT2D eigenvalue weighted by Crippen LogP contribution is 2.25. The predicted octanol–water partition coefficient (Wildman–Crippen LogP) is 1.02. The van der Waals surface area contributed by atoms with Crippen molar-refractivity contribution >= 4 is 27.8 Å². The zero-order valence-corrected chi connectivity index (χ0v) is 9.65. The number of hydrogen-bond acceptors (Lipinski definition) is 3. The molecule has 1 aromatic rings. The number of fused-ring (bicyclic) bond motifs is 1. The van der Waals surface area contributed by atoms with E-state index < -0.39 is 17.9 Å². The third kappa shape index (κ3) is 2.01. The van der Waals surface area contributed by atoms with Crippen molar-refractivity contribution in [3.05, 3.63) is 28.2 Å². The van der Waals surface area contributed by atoms with Crippen molar-refractivity contribution in [2.24, 2.45) is 0 Å². The lowest BCUT2D eigenvalue weighted by atomic mass is 10.2. The number of aliphatic carboxylic acids is 1. The molecule has 0 fully saturated rings. The molecule has 2 N–H and O–H groups in total. The smallest absolute Gasteiger partial charge is 0.329 e. The summed E-state index contributed by atoms with van der Waals surface area (Å²) in [6.07, 6.45) is 0. The first-order chi connectivity index (χ1) is 7.58. The summed E-state index contributed by atoms with van der Waals surface area (Å²) >= 11 is 3.25. The second-order valence-corrected chi connectivity index (χ2v) is 4.23. The number of hydrogen-bond donors (Lipinski definition) is 2. The van der Waals surface area contributed by atoms with E-state index in [0.717, 1.165) is 4.47 Å². The highest BCUT2D eigenvalue weighted by Gasteiger charge is 2.27. The minimum atomic E-state index is -1.11. The molecule has 0 bridgehead atoms. The van der Waals surface area contributed by atoms with Crippen LogP contribution in [0.25, 0.3) is 0 Å². The molecule has 0 saturated heterocycles. The first-order valence-corrected chi connectivity index (χ1v) is 5.33. The highest BCUT2D eigenvalue weighted by molar-refractivity contribution is 9.10. The molecular weight excluding hydrogens is 278 g/mol. The fourth-order valence-electron chi connectivity index (χ4n) is 1.39. The number of carboxylic acids is 1. The van der Waals surface area contributed by atoms with Gasteiger partial charge in [0.2, 0.25) is 0 Å². The SMILES string of the molecule is O=C1NC(C(=O)O)COc2cc(Br)ccc21. The third-order valence-corrected chi connectivity index (χ3v) is 2.69. The van der Waals surface area contributed by atoms with Crippen molar-refractivity contribution in [1.29, 1.82) is 0 Å². The lowest BCUT2D eigenvalue weighted by Crippen LogP contribution is -2.42. The van der Waals surface area contributed by atoms with Crippen LogP contribution in [-0.2, 0) is 4.79 Å². The number of amides is 1. The first-order valence-electron chi connectivity index (χ1n) is 4.54. The van der Waals surface area contributed by atoms with Gasteiger partial charge in [-0.15, -0.1) is 0 Å². The van der Waals surface area contributed by atoms with Gasteiger partial charge in [0, 0.05) is 4.47 Å². The summed E-state index contributed by atoms with van der Waals surface area (Å²) in [7, 11) is 0. The zero-order chi connectivity index (χ0) is 11.7. The van der Waals surface area contributed by atoms with Crippen molar-refractivity contribution in [3.63, 3.8) is 0 Å². The van der Waals surface area contributed by atoms with Gasteiger partial charge in [0.1, 0.15) is 12.4 Å². The van der Waals surface area contributed by atoms with E-state index in [1.165, 1.54) is 0 Å². The quantitative estimate of drug-likeness (QED) is 0.808. The van der Waals surface area contributed by atoms with Crippen LogP contribution < -0.4 is 10.1 Å². The Morgan fingerprint density at radius 2 is 2.31 bits per heavy atom. The number of carbonyl (C=O) groups excluding carboxylic acids is 1. The number of ether oxygens (including phenoxy) is 1. The molecule has 1 aromatic carbocycles. The van der Waals surface area contributed by atoms with Crippen LogP contribution in [0.5, 0.6) is 5.75 Å². The number of benzene rings is 1. The van der Waals surface area contributed by atoms with E-state index in [0.29, 0.717) is 11.3 Å². The molecule has 1 aliphatic rings. The monoisotopic (exact) mass is 285 g/mol. The van der Waals surface area contributed by atoms with E-state index in [1.807, 2.05) is 0 Å². The molecule has 1 amide bonds. The van der Waals surface area contributed by atoms with E-state index in [4.69, 9.17) is 9.84 Å². The molecule has 1 unspecified atom stereocenters. The van der Waals surface area contributed by atoms with Crippen LogP contribution in [-0.4, -0.2) is 29.6 Å². The molecule has 16 heavy (non-hydrogen) atoms. The average molecular weight is 286 g/mol. The number of nitrogens with one attached hydrogen (secondary N) is 1. The summed E-state index contributed by atoms with van der Waals surface area (Å²) in [5.41, 5.74) is 0.340. The molecular formula is C10H8BrNO4. The van der Waals surface area contributed by atoms with Crippen molar-refractivity contribution in [3.8, 4) is 5.75 Å². The van der Waals surface area contributed by atoms with Gasteiger partial charge in [-0.1, -0.05) is 15.9 Å². The molecule has 1 atom stereocenters. The maximum absolute atomic E-state index is 11.7. The lowest BCUT2D eigenvalue weighted by molar-refractivity contribution is -0.139. The predicted molar refractivity (Wildman–Crippen MR) is 58.5 cm³/mol. The maximum atomic E-state index is 11.7. The van der Waals surface area contributed by atoms with Crippen LogP contribution >= 0.6 is 15.9 Å². The molecule has 84 valence electrons. The van der Waals surface area contributed by atoms with Crippen LogP contribution in [0.1, 0.15) is 10.4 Å². The molecule has 0 spiro atoms. The van der Waals surface area contributed by atoms with E-state index >= 15 is 0 Å². The van der Waals surface area contributed by atoms with Crippen LogP contribution in [0.3, 0.4) is 0 Å². The summed E-state index contributed by atoms with van der Waals surface area (Å²) in [5.74, 6) is -1.16. The molecule has 0 radical (unpaired) electrons. The molecule has 2 rings (SSSR count). The van der Waals surface area contributed by atoms with Crippen molar-refractivity contribution in [2.75, 3.05) is 6.61 Å². The minimum Gasteiger partial charge on any atom is -0.490 e. The van der Waals surface area contributed by atoms with Crippen molar-refractivity contribution < 1.29 is 19.4 Å². The fraction of sp³-hybridized carbons (Fsp3) is 0.200. The van der Waals surface area contributed by atoms with Crippen LogP contribution in [0.4, 0.5) is 0 Å². The standard InChI is InChI=1S/C10H8BrNO4/c11-5-1-2-6-8(3-5)16-4-7(10(14)15)12-9(6)13/h1-3,7H,4H2,(H,12,13)(H,14,15). The van der Waals surface area contributed by atoms with E-state index in [9.17, 15) is 9.59 Å². The topological polar surface area (TPSA) is 75.6 Å². The highest BCUT2D eigenvalue weighted by atomic mass is 79.9. The van der Waals surface area contributed by atoms with Gasteiger partial charge in [-0.2, -0.15) is 0 Å². The normalized spacial score (nSPS) is 19.1. The molecule has 0 aliphatic carbocycles. The van der Waals surface area contributed by atoms with Gasteiger partial charge >= 0.3 is 5.97 Å². The van der Waals surface area contributed by atoms with Crippen LogP contribution in [0.15, 0.2) is 22.7 Å².